The Hall–Kier alpha value is -6.33. The van der Waals surface area contributed by atoms with Crippen LogP contribution in [-0.4, -0.2) is 15.0 Å². The molecule has 50 heavy (non-hydrogen) atoms. The van der Waals surface area contributed by atoms with Crippen molar-refractivity contribution in [3.8, 4) is 22.9 Å². The second-order valence-corrected chi connectivity index (χ2v) is 13.0. The predicted molar refractivity (Wildman–Crippen MR) is 205 cm³/mol. The van der Waals surface area contributed by atoms with Gasteiger partial charge in [-0.3, -0.25) is 0 Å². The number of allylic oxidation sites excluding steroid dienone is 8. The van der Waals surface area contributed by atoms with Crippen LogP contribution in [0.2, 0.25) is 0 Å². The maximum Gasteiger partial charge on any atom is 0.164 e. The highest BCUT2D eigenvalue weighted by molar-refractivity contribution is 6.20. The van der Waals surface area contributed by atoms with E-state index in [4.69, 9.17) is 19.7 Å². The van der Waals surface area contributed by atoms with Crippen LogP contribution in [0.3, 0.4) is 0 Å². The smallest absolute Gasteiger partial charge is 0.164 e. The van der Waals surface area contributed by atoms with E-state index in [0.29, 0.717) is 5.82 Å². The Morgan fingerprint density at radius 3 is 2.04 bits per heavy atom. The molecule has 5 heteroatoms. The zero-order chi connectivity index (χ0) is 33.0. The molecule has 2 aliphatic carbocycles. The van der Waals surface area contributed by atoms with Crippen molar-refractivity contribution in [1.29, 1.82) is 0 Å². The van der Waals surface area contributed by atoms with Crippen molar-refractivity contribution in [2.24, 2.45) is 0 Å². The zero-order valence-corrected chi connectivity index (χ0v) is 27.4. The minimum Gasteiger partial charge on any atom is -0.452 e. The number of nitrogens with zero attached hydrogens (tertiary/aromatic N) is 4. The largest absolute Gasteiger partial charge is 0.452 e. The molecule has 0 N–H and O–H groups in total. The van der Waals surface area contributed by atoms with Crippen LogP contribution in [0.4, 0.5) is 17.1 Å². The lowest BCUT2D eigenvalue weighted by atomic mass is 9.95. The second kappa shape index (κ2) is 11.7. The van der Waals surface area contributed by atoms with Crippen LogP contribution in [0.15, 0.2) is 146 Å². The minimum absolute atomic E-state index is 0.683. The number of hydrogen-bond acceptors (Lipinski definition) is 5. The van der Waals surface area contributed by atoms with E-state index in [1.807, 2.05) is 6.07 Å². The molecule has 0 spiro atoms. The van der Waals surface area contributed by atoms with Gasteiger partial charge in [-0.15, -0.1) is 0 Å². The molecule has 10 rings (SSSR count). The highest BCUT2D eigenvalue weighted by atomic mass is 16.5. The van der Waals surface area contributed by atoms with Crippen molar-refractivity contribution in [3.05, 3.63) is 157 Å². The van der Waals surface area contributed by atoms with Gasteiger partial charge in [-0.1, -0.05) is 121 Å². The number of anilines is 3. The lowest BCUT2D eigenvalue weighted by Crippen LogP contribution is -2.17. The minimum atomic E-state index is 0.683. The topological polar surface area (TPSA) is 51.1 Å². The highest BCUT2D eigenvalue weighted by Gasteiger charge is 2.31. The molecule has 7 aromatic rings. The molecule has 0 bridgehead atoms. The van der Waals surface area contributed by atoms with Crippen molar-refractivity contribution in [1.82, 2.24) is 15.0 Å². The number of benzene rings is 6. The summed E-state index contributed by atoms with van der Waals surface area (Å²) in [5.74, 6) is 3.84. The molecule has 1 aromatic heterocycles. The number of aromatic nitrogens is 3. The summed E-state index contributed by atoms with van der Waals surface area (Å²) in [5.41, 5.74) is 6.26. The third-order valence-corrected chi connectivity index (χ3v) is 9.97. The van der Waals surface area contributed by atoms with Gasteiger partial charge in [0.2, 0.25) is 0 Å². The first-order chi connectivity index (χ1) is 24.8. The van der Waals surface area contributed by atoms with Gasteiger partial charge in [0.1, 0.15) is 0 Å². The van der Waals surface area contributed by atoms with E-state index in [1.54, 1.807) is 0 Å². The summed E-state index contributed by atoms with van der Waals surface area (Å²) in [5, 5.41) is 6.77. The molecule has 0 radical (unpaired) electrons. The van der Waals surface area contributed by atoms with Gasteiger partial charge in [0.25, 0.3) is 0 Å². The summed E-state index contributed by atoms with van der Waals surface area (Å²) >= 11 is 0. The maximum atomic E-state index is 6.81. The Kier molecular flexibility index (Phi) is 6.69. The van der Waals surface area contributed by atoms with Crippen LogP contribution in [-0.2, 0) is 0 Å². The molecule has 6 aromatic carbocycles. The lowest BCUT2D eigenvalue weighted by Gasteiger charge is -2.35. The molecule has 0 atom stereocenters. The van der Waals surface area contributed by atoms with Crippen molar-refractivity contribution >= 4 is 60.5 Å². The molecule has 2 heterocycles. The van der Waals surface area contributed by atoms with Gasteiger partial charge in [-0.05, 0) is 71.7 Å². The predicted octanol–water partition coefficient (Wildman–Crippen LogP) is 12.0. The summed E-state index contributed by atoms with van der Waals surface area (Å²) in [6, 6.07) is 38.5. The number of rotatable bonds is 4. The Labute approximate surface area is 290 Å². The van der Waals surface area contributed by atoms with Crippen LogP contribution < -0.4 is 9.64 Å². The Balaban J connectivity index is 1.23. The molecule has 0 saturated carbocycles. The van der Waals surface area contributed by atoms with Crippen molar-refractivity contribution < 1.29 is 4.74 Å². The summed E-state index contributed by atoms with van der Waals surface area (Å²) in [4.78, 5) is 17.7. The molecule has 3 aliphatic rings. The summed E-state index contributed by atoms with van der Waals surface area (Å²) in [6.45, 7) is 0. The first-order valence-electron chi connectivity index (χ1n) is 17.3. The molecule has 0 amide bonds. The van der Waals surface area contributed by atoms with E-state index < -0.39 is 0 Å². The van der Waals surface area contributed by atoms with Gasteiger partial charge in [0, 0.05) is 27.3 Å². The van der Waals surface area contributed by atoms with Crippen LogP contribution in [0.25, 0.3) is 54.9 Å². The van der Waals surface area contributed by atoms with Crippen LogP contribution in [0, 0.1) is 0 Å². The number of fused-ring (bicyclic) bond motifs is 8. The lowest BCUT2D eigenvalue weighted by molar-refractivity contribution is 0.483. The van der Waals surface area contributed by atoms with Crippen molar-refractivity contribution in [3.63, 3.8) is 0 Å². The fourth-order valence-corrected chi connectivity index (χ4v) is 7.63. The van der Waals surface area contributed by atoms with Gasteiger partial charge >= 0.3 is 0 Å². The SMILES string of the molecule is C1=CCCC(c2nc(C3=CCCC=C3)nc(-c3ccc(N4c5ccccc5Oc5c4c4ccccc4c4ccccc54)c4ccccc34)n2)=C1. The molecule has 238 valence electrons. The Morgan fingerprint density at radius 2 is 1.24 bits per heavy atom. The molecule has 1 aliphatic heterocycles. The molecular formula is C45H32N4O. The normalized spacial score (nSPS) is 15.1. The number of ether oxygens (including phenoxy) is 1. The standard InChI is InChI=1S/C45H32N4O/c1-3-15-29(16-4-1)43-46-44(30-17-5-2-6-18-30)48-45(47-43)37-27-28-38(34-22-10-7-21-33(34)37)49-39-25-13-14-26-40(39)50-42-36-24-12-9-20-32(36)31-19-8-11-23-35(31)41(42)49/h1,3,5,7-15,17-28H,2,4,6,16H2. The Morgan fingerprint density at radius 1 is 0.540 bits per heavy atom. The fraction of sp³-hybridized carbons (Fsp3) is 0.0889. The quantitative estimate of drug-likeness (QED) is 0.178. The summed E-state index contributed by atoms with van der Waals surface area (Å²) in [6.07, 6.45) is 16.9. The third kappa shape index (κ3) is 4.58. The van der Waals surface area contributed by atoms with Crippen LogP contribution in [0.1, 0.15) is 37.3 Å². The zero-order valence-electron chi connectivity index (χ0n) is 27.4. The highest BCUT2D eigenvalue weighted by Crippen LogP contribution is 2.57. The maximum absolute atomic E-state index is 6.81. The summed E-state index contributed by atoms with van der Waals surface area (Å²) < 4.78 is 6.81. The third-order valence-electron chi connectivity index (χ3n) is 9.97. The first-order valence-corrected chi connectivity index (χ1v) is 17.3. The molecule has 0 unspecified atom stereocenters. The molecule has 5 nitrogen and oxygen atoms in total. The molecular weight excluding hydrogens is 613 g/mol. The van der Waals surface area contributed by atoms with Gasteiger partial charge in [-0.2, -0.15) is 0 Å². The number of hydrogen-bond donors (Lipinski definition) is 0. The monoisotopic (exact) mass is 644 g/mol. The second-order valence-electron chi connectivity index (χ2n) is 13.0. The van der Waals surface area contributed by atoms with Gasteiger partial charge in [0.05, 0.1) is 17.1 Å². The van der Waals surface area contributed by atoms with E-state index >= 15 is 0 Å². The van der Waals surface area contributed by atoms with E-state index in [1.165, 1.54) is 10.8 Å². The van der Waals surface area contributed by atoms with Crippen molar-refractivity contribution in [2.75, 3.05) is 4.90 Å². The molecule has 0 saturated heterocycles. The van der Waals surface area contributed by atoms with E-state index in [0.717, 1.165) is 104 Å². The van der Waals surface area contributed by atoms with Gasteiger partial charge in [0.15, 0.2) is 29.0 Å². The Bertz CT molecular complexity index is 2650. The average molecular weight is 645 g/mol. The van der Waals surface area contributed by atoms with E-state index in [9.17, 15) is 0 Å². The van der Waals surface area contributed by atoms with Crippen LogP contribution in [0.5, 0.6) is 11.5 Å². The summed E-state index contributed by atoms with van der Waals surface area (Å²) in [7, 11) is 0. The van der Waals surface area contributed by atoms with E-state index in [2.05, 4.69) is 144 Å². The van der Waals surface area contributed by atoms with Crippen molar-refractivity contribution in [2.45, 2.75) is 25.7 Å². The fourth-order valence-electron chi connectivity index (χ4n) is 7.63. The van der Waals surface area contributed by atoms with E-state index in [-0.39, 0.29) is 0 Å². The van der Waals surface area contributed by atoms with Gasteiger partial charge in [-0.25, -0.2) is 15.0 Å². The number of para-hydroxylation sites is 2. The van der Waals surface area contributed by atoms with Gasteiger partial charge < -0.3 is 9.64 Å². The van der Waals surface area contributed by atoms with Crippen LogP contribution >= 0.6 is 0 Å². The first kappa shape index (κ1) is 28.7. The average Bonchev–Trinajstić information content (AvgIpc) is 3.20. The molecule has 0 fully saturated rings.